The first-order chi connectivity index (χ1) is 64.0. The molecule has 3 saturated heterocycles. The lowest BCUT2D eigenvalue weighted by Gasteiger charge is -2.30. The van der Waals surface area contributed by atoms with Crippen LogP contribution in [0, 0.1) is 35.5 Å². The molecule has 17 rings (SSSR count). The zero-order chi connectivity index (χ0) is 95.7. The molecular formula is C99H125Br3F2N20O10. The zero-order valence-corrected chi connectivity index (χ0v) is 83.1. The van der Waals surface area contributed by atoms with Crippen LogP contribution < -0.4 is 26.6 Å². The summed E-state index contributed by atoms with van der Waals surface area (Å²) in [5.41, 5.74) is 6.11. The number of carboxylic acids is 1. The third-order valence-corrected chi connectivity index (χ3v) is 29.0. The Morgan fingerprint density at radius 1 is 0.552 bits per heavy atom. The van der Waals surface area contributed by atoms with Crippen molar-refractivity contribution in [3.05, 3.63) is 150 Å². The van der Waals surface area contributed by atoms with Crippen LogP contribution in [0.3, 0.4) is 0 Å². The number of carbonyl (C=O) groups excluding carboxylic acids is 7. The van der Waals surface area contributed by atoms with Crippen molar-refractivity contribution in [2.75, 3.05) is 68.6 Å². The number of hydrogen-bond donors (Lipinski definition) is 7. The Morgan fingerprint density at radius 2 is 0.985 bits per heavy atom. The summed E-state index contributed by atoms with van der Waals surface area (Å²) in [7, 11) is 6.33. The van der Waals surface area contributed by atoms with Crippen molar-refractivity contribution in [3.63, 3.8) is 0 Å². The maximum atomic E-state index is 14.7. The number of amides is 5. The number of benzene rings is 2. The van der Waals surface area contributed by atoms with Crippen molar-refractivity contribution in [2.45, 2.75) is 284 Å². The number of nitrogens with zero attached hydrogens (tertiary/aromatic N) is 14. The van der Waals surface area contributed by atoms with Gasteiger partial charge in [0.1, 0.15) is 98.4 Å². The normalized spacial score (nSPS) is 24.1. The van der Waals surface area contributed by atoms with Crippen LogP contribution >= 0.6 is 47.8 Å². The first-order valence-corrected chi connectivity index (χ1v) is 49.4. The Balaban J connectivity index is 0.000000150. The Hall–Kier alpha value is -9.91. The lowest BCUT2D eigenvalue weighted by Crippen LogP contribution is -2.47. The van der Waals surface area contributed by atoms with Gasteiger partial charge in [-0.25, -0.2) is 48.5 Å². The maximum Gasteiger partial charge on any atom is 0.411 e. The van der Waals surface area contributed by atoms with E-state index in [0.29, 0.717) is 114 Å². The number of rotatable bonds is 12. The van der Waals surface area contributed by atoms with Gasteiger partial charge in [-0.05, 0) is 270 Å². The summed E-state index contributed by atoms with van der Waals surface area (Å²) in [5.74, 6) is 0.319. The number of aryl methyl sites for hydroxylation is 2. The fourth-order valence-electron chi connectivity index (χ4n) is 20.5. The molecular weight excluding hydrogens is 1910 g/mol. The molecule has 9 aliphatic rings. The van der Waals surface area contributed by atoms with Crippen LogP contribution in [0.25, 0.3) is 33.2 Å². The van der Waals surface area contributed by atoms with Crippen molar-refractivity contribution in [1.29, 1.82) is 5.41 Å². The number of Topliss-reactive ketones (excluding diaryl/α,β-unsaturated/α-hetero) is 2. The second-order valence-electron chi connectivity index (χ2n) is 39.1. The lowest BCUT2D eigenvalue weighted by atomic mass is 9.92. The van der Waals surface area contributed by atoms with Crippen molar-refractivity contribution < 1.29 is 57.0 Å². The van der Waals surface area contributed by atoms with Crippen LogP contribution in [-0.4, -0.2) is 216 Å². The number of aliphatic carboxylic acids is 1. The molecule has 35 heteroatoms. The number of halogens is 5. The van der Waals surface area contributed by atoms with Gasteiger partial charge in [-0.2, -0.15) is 5.10 Å². The largest absolute Gasteiger partial charge is 0.480 e. The fourth-order valence-corrected chi connectivity index (χ4v) is 21.4. The summed E-state index contributed by atoms with van der Waals surface area (Å²) < 4.78 is 37.5. The summed E-state index contributed by atoms with van der Waals surface area (Å²) in [4.78, 5) is 144. The minimum absolute atomic E-state index is 0.0593. The third-order valence-electron chi connectivity index (χ3n) is 27.7. The van der Waals surface area contributed by atoms with Gasteiger partial charge in [0.05, 0.1) is 17.2 Å². The molecule has 5 amide bonds. The molecule has 6 aromatic heterocycles. The number of alkyl halides is 2. The SMILES string of the molecule is CC(=O)C(=N)c1cc(-c2cnc(C)nc2)cc(CF)c1NCC(=O)O.CC(=O)c1nn(CC(=O)N2[C@H]3C[C@@]4(CCCCCCCN(C)Cc5ccc(Br)nc5NC3=O)C[C@@H]24)c2c(CF)cc(-c3cnc(C)nc3)cc12.CN1CCCCCCC[C@@]23C[C@@H](C(=O)Nc4nc(Br)ccc4C1)N(C(=O)OC(C)(C)C)[C@@H]2C3.CN1CCCCCCC[C@@]23C[C@H](N[C@@H]2C3)C(=O)Nc2nc(Br)ccc2C1. The average Bonchev–Trinajstić information content (AvgIpc) is 1.54. The van der Waals surface area contributed by atoms with E-state index in [1.54, 1.807) is 60.6 Å². The predicted molar refractivity (Wildman–Crippen MR) is 521 cm³/mol. The fraction of sp³-hybridized carbons (Fsp3) is 0.545. The van der Waals surface area contributed by atoms with Crippen molar-refractivity contribution >= 4 is 135 Å². The Kier molecular flexibility index (Phi) is 32.6. The molecule has 9 atom stereocenters. The van der Waals surface area contributed by atoms with Gasteiger partial charge < -0.3 is 56.0 Å². The number of anilines is 4. The van der Waals surface area contributed by atoms with Crippen LogP contribution in [0.5, 0.6) is 0 Å². The summed E-state index contributed by atoms with van der Waals surface area (Å²) in [6.07, 6.45) is 32.8. The second kappa shape index (κ2) is 43.6. The summed E-state index contributed by atoms with van der Waals surface area (Å²) >= 11 is 10.3. The molecule has 2 aromatic carbocycles. The highest BCUT2D eigenvalue weighted by Crippen LogP contribution is 2.64. The third kappa shape index (κ3) is 24.5. The molecule has 0 unspecified atom stereocenters. The molecule has 716 valence electrons. The van der Waals surface area contributed by atoms with E-state index in [9.17, 15) is 47.1 Å². The summed E-state index contributed by atoms with van der Waals surface area (Å²) in [5, 5.41) is 37.3. The Labute approximate surface area is 807 Å². The molecule has 6 aliphatic heterocycles. The molecule has 3 aliphatic carbocycles. The van der Waals surface area contributed by atoms with Gasteiger partial charge in [0.25, 0.3) is 0 Å². The average molecular weight is 2030 g/mol. The number of aromatic nitrogens is 9. The Morgan fingerprint density at radius 3 is 1.44 bits per heavy atom. The number of piperidine rings is 3. The maximum absolute atomic E-state index is 14.7. The van der Waals surface area contributed by atoms with E-state index >= 15 is 0 Å². The van der Waals surface area contributed by atoms with E-state index in [0.717, 1.165) is 118 Å². The van der Waals surface area contributed by atoms with E-state index in [4.69, 9.17) is 15.3 Å². The van der Waals surface area contributed by atoms with Crippen LogP contribution in [0.4, 0.5) is 36.7 Å². The molecule has 134 heavy (non-hydrogen) atoms. The topological polar surface area (TPSA) is 374 Å². The number of pyridine rings is 3. The molecule has 3 saturated carbocycles. The molecule has 30 nitrogen and oxygen atoms in total. The number of hydrogen-bond acceptors (Lipinski definition) is 23. The van der Waals surface area contributed by atoms with Gasteiger partial charge >= 0.3 is 12.1 Å². The first-order valence-electron chi connectivity index (χ1n) is 47.0. The number of carbonyl (C=O) groups is 8. The van der Waals surface area contributed by atoms with Crippen LogP contribution in [-0.2, 0) is 73.0 Å². The summed E-state index contributed by atoms with van der Waals surface area (Å²) in [6.45, 7) is 14.5. The number of fused-ring (bicyclic) bond motifs is 7. The van der Waals surface area contributed by atoms with E-state index in [1.165, 1.54) is 101 Å². The van der Waals surface area contributed by atoms with Crippen molar-refractivity contribution in [1.82, 2.24) is 74.5 Å². The minimum atomic E-state index is -1.14. The molecule has 6 bridgehead atoms. The molecule has 8 aromatic rings. The van der Waals surface area contributed by atoms with Gasteiger partial charge in [0.15, 0.2) is 11.6 Å². The van der Waals surface area contributed by atoms with Crippen molar-refractivity contribution in [2.24, 2.45) is 16.2 Å². The molecule has 6 fully saturated rings. The summed E-state index contributed by atoms with van der Waals surface area (Å²) in [6, 6.07) is 17.6. The molecule has 3 spiro atoms. The number of ether oxygens (including phenoxy) is 1. The molecule has 7 N–H and O–H groups in total. The van der Waals surface area contributed by atoms with Gasteiger partial charge in [0.2, 0.25) is 23.6 Å². The second-order valence-corrected chi connectivity index (χ2v) is 41.6. The first kappa shape index (κ1) is 100. The highest BCUT2D eigenvalue weighted by atomic mass is 79.9. The van der Waals surface area contributed by atoms with E-state index < -0.39 is 49.3 Å². The predicted octanol–water partition coefficient (Wildman–Crippen LogP) is 17.8. The number of carboxylic acid groups (broad SMARTS) is 1. The minimum Gasteiger partial charge on any atom is -0.480 e. The molecule has 0 radical (unpaired) electrons. The van der Waals surface area contributed by atoms with E-state index in [2.05, 4.69) is 156 Å². The zero-order valence-electron chi connectivity index (χ0n) is 78.4. The van der Waals surface area contributed by atoms with Gasteiger partial charge in [-0.15, -0.1) is 0 Å². The van der Waals surface area contributed by atoms with Gasteiger partial charge in [-0.1, -0.05) is 95.2 Å². The van der Waals surface area contributed by atoms with Crippen LogP contribution in [0.15, 0.2) is 99.3 Å². The smallest absolute Gasteiger partial charge is 0.411 e. The number of nitrogens with one attached hydrogen (secondary N) is 6. The highest BCUT2D eigenvalue weighted by Gasteiger charge is 2.68. The standard InChI is InChI=1S/C37H42BrFN8O3.C25H37BrN4O3.C20H29BrN4O.C17H17FN4O3/c1-22(48)33-28-14-25(27-18-40-23(2)41-19-27)13-26(17-39)34(28)46(44-33)21-32(49)47-29-15-37(16-30(37)47)11-7-5-4-6-8-12-45(3)20-24-9-10-31(38)42-35(24)43-36(29)50;1-24(2,3)33-23(32)30-18-14-25(15-19(25)30)12-8-6-5-7-9-13-29(4)16-17-10-11-20(26)27-21(17)28-22(18)31;1-25-10-6-4-2-3-5-9-20-11-15(22-16(20)12-20)19(26)24-18-14(13-25)7-8-17(21)23-18;1-9(23)16(19)14-4-11(13-6-20-10(2)21-7-13)3-12(5-18)17(14)22-8-15(24)25/h9-10,13-14,18-19,29-30H,4-8,11-12,15-17,20-21H2,1-3H3,(H,42,43,50);10-11,18-19H,5-9,12-16H2,1-4H3,(H,27,28,31);7-8,15-16,22H,2-6,9-13H2,1H3,(H,23,24,26);3-4,6-7,19,22H,5,8H2,1-2H3,(H,24,25)/t29-,30+,37-;18-,19+,25-;15-,16+,20-;/m000./s1. The Bertz CT molecular complexity index is 5690. The van der Waals surface area contributed by atoms with Gasteiger partial charge in [0, 0.05) is 126 Å². The quantitative estimate of drug-likeness (QED) is 0.0339. The van der Waals surface area contributed by atoms with Crippen LogP contribution in [0.1, 0.15) is 244 Å². The highest BCUT2D eigenvalue weighted by molar-refractivity contribution is 9.11. The lowest BCUT2D eigenvalue weighted by molar-refractivity contribution is -0.138. The van der Waals surface area contributed by atoms with E-state index in [-0.39, 0.29) is 99.2 Å². The molecule has 12 heterocycles. The van der Waals surface area contributed by atoms with Crippen molar-refractivity contribution in [3.8, 4) is 22.3 Å². The van der Waals surface area contributed by atoms with Gasteiger partial charge in [-0.3, -0.25) is 48.6 Å². The van der Waals surface area contributed by atoms with Crippen LogP contribution in [0.2, 0.25) is 0 Å². The number of ketones is 2. The van der Waals surface area contributed by atoms with E-state index in [1.807, 2.05) is 51.1 Å². The number of likely N-dealkylation sites (tertiary alicyclic amines) is 2. The monoisotopic (exact) mass is 2030 g/mol.